The molecule has 2 rings (SSSR count). The molecule has 1 aliphatic heterocycles. The Hall–Kier alpha value is -0.570. The van der Waals surface area contributed by atoms with Crippen LogP contribution in [0.3, 0.4) is 0 Å². The molecule has 0 radical (unpaired) electrons. The second-order valence-electron chi connectivity index (χ2n) is 6.59. The topological polar surface area (TPSA) is 40.5 Å². The molecule has 3 nitrogen and oxygen atoms in total. The van der Waals surface area contributed by atoms with Crippen molar-refractivity contribution in [2.24, 2.45) is 23.7 Å². The van der Waals surface area contributed by atoms with Crippen LogP contribution in [0, 0.1) is 23.7 Å². The van der Waals surface area contributed by atoms with Gasteiger partial charge < -0.3 is 10.0 Å². The van der Waals surface area contributed by atoms with Gasteiger partial charge in [-0.15, -0.1) is 0 Å². The monoisotopic (exact) mass is 253 g/mol. The minimum atomic E-state index is 0.223. The van der Waals surface area contributed by atoms with Gasteiger partial charge in [-0.3, -0.25) is 4.79 Å². The molecule has 3 atom stereocenters. The van der Waals surface area contributed by atoms with E-state index in [-0.39, 0.29) is 12.5 Å². The van der Waals surface area contributed by atoms with Crippen molar-refractivity contribution in [3.8, 4) is 0 Å². The predicted octanol–water partition coefficient (Wildman–Crippen LogP) is 2.29. The third-order valence-corrected chi connectivity index (χ3v) is 4.62. The summed E-state index contributed by atoms with van der Waals surface area (Å²) < 4.78 is 0. The number of hydrogen-bond donors (Lipinski definition) is 1. The summed E-state index contributed by atoms with van der Waals surface area (Å²) in [6.07, 6.45) is 5.50. The SMILES string of the molecule is CC1CC(C)CC(C(=O)N2CCCC(CO)C2)C1. The van der Waals surface area contributed by atoms with E-state index >= 15 is 0 Å². The predicted molar refractivity (Wildman–Crippen MR) is 72.1 cm³/mol. The fraction of sp³-hybridized carbons (Fsp3) is 0.933. The van der Waals surface area contributed by atoms with Crippen LogP contribution in [0.4, 0.5) is 0 Å². The van der Waals surface area contributed by atoms with E-state index < -0.39 is 0 Å². The number of aliphatic hydroxyl groups is 1. The summed E-state index contributed by atoms with van der Waals surface area (Å²) in [5.41, 5.74) is 0. The summed E-state index contributed by atoms with van der Waals surface area (Å²) in [6, 6.07) is 0. The van der Waals surface area contributed by atoms with E-state index in [0.717, 1.165) is 38.8 Å². The number of carbonyl (C=O) groups is 1. The number of hydrogen-bond acceptors (Lipinski definition) is 2. The molecule has 2 aliphatic rings. The summed E-state index contributed by atoms with van der Waals surface area (Å²) in [7, 11) is 0. The van der Waals surface area contributed by atoms with Crippen molar-refractivity contribution in [2.45, 2.75) is 46.0 Å². The molecular formula is C15H27NO2. The van der Waals surface area contributed by atoms with E-state index in [1.165, 1.54) is 6.42 Å². The molecule has 104 valence electrons. The zero-order valence-corrected chi connectivity index (χ0v) is 11.8. The van der Waals surface area contributed by atoms with Crippen molar-refractivity contribution >= 4 is 5.91 Å². The van der Waals surface area contributed by atoms with E-state index in [1.807, 2.05) is 4.90 Å². The first-order chi connectivity index (χ1) is 8.60. The van der Waals surface area contributed by atoms with Gasteiger partial charge in [-0.25, -0.2) is 0 Å². The second kappa shape index (κ2) is 6.05. The van der Waals surface area contributed by atoms with Gasteiger partial charge in [0.1, 0.15) is 0 Å². The largest absolute Gasteiger partial charge is 0.396 e. The van der Waals surface area contributed by atoms with Crippen molar-refractivity contribution in [3.05, 3.63) is 0 Å². The molecule has 2 fully saturated rings. The lowest BCUT2D eigenvalue weighted by atomic mass is 9.76. The zero-order chi connectivity index (χ0) is 13.1. The molecule has 0 spiro atoms. The third kappa shape index (κ3) is 3.25. The summed E-state index contributed by atoms with van der Waals surface area (Å²) in [5.74, 6) is 2.26. The normalized spacial score (nSPS) is 37.6. The van der Waals surface area contributed by atoms with Crippen LogP contribution in [-0.2, 0) is 4.79 Å². The molecule has 0 aromatic heterocycles. The summed E-state index contributed by atoms with van der Waals surface area (Å²) in [6.45, 7) is 6.43. The minimum absolute atomic E-state index is 0.223. The smallest absolute Gasteiger partial charge is 0.225 e. The van der Waals surface area contributed by atoms with Crippen LogP contribution in [-0.4, -0.2) is 35.6 Å². The maximum Gasteiger partial charge on any atom is 0.225 e. The molecule has 1 N–H and O–H groups in total. The summed E-state index contributed by atoms with van der Waals surface area (Å²) in [4.78, 5) is 14.6. The van der Waals surface area contributed by atoms with Crippen LogP contribution in [0.1, 0.15) is 46.0 Å². The van der Waals surface area contributed by atoms with Crippen molar-refractivity contribution in [1.29, 1.82) is 0 Å². The lowest BCUT2D eigenvalue weighted by Crippen LogP contribution is -2.45. The molecule has 0 bridgehead atoms. The third-order valence-electron chi connectivity index (χ3n) is 4.62. The average molecular weight is 253 g/mol. The second-order valence-corrected chi connectivity index (χ2v) is 6.59. The van der Waals surface area contributed by atoms with E-state index in [1.54, 1.807) is 0 Å². The molecule has 18 heavy (non-hydrogen) atoms. The summed E-state index contributed by atoms with van der Waals surface area (Å²) >= 11 is 0. The maximum absolute atomic E-state index is 12.6. The Morgan fingerprint density at radius 1 is 1.22 bits per heavy atom. The van der Waals surface area contributed by atoms with Gasteiger partial charge in [0.15, 0.2) is 0 Å². The number of rotatable bonds is 2. The molecular weight excluding hydrogens is 226 g/mol. The number of piperidine rings is 1. The zero-order valence-electron chi connectivity index (χ0n) is 11.8. The lowest BCUT2D eigenvalue weighted by Gasteiger charge is -2.37. The summed E-state index contributed by atoms with van der Waals surface area (Å²) in [5, 5.41) is 9.25. The Morgan fingerprint density at radius 3 is 2.50 bits per heavy atom. The van der Waals surface area contributed by atoms with Crippen LogP contribution >= 0.6 is 0 Å². The van der Waals surface area contributed by atoms with Crippen molar-refractivity contribution < 1.29 is 9.90 Å². The fourth-order valence-corrected chi connectivity index (χ4v) is 3.82. The van der Waals surface area contributed by atoms with Gasteiger partial charge in [-0.1, -0.05) is 13.8 Å². The highest BCUT2D eigenvalue weighted by Crippen LogP contribution is 2.34. The first-order valence-electron chi connectivity index (χ1n) is 7.49. The Kier molecular flexibility index (Phi) is 4.66. The quantitative estimate of drug-likeness (QED) is 0.820. The molecule has 1 saturated carbocycles. The van der Waals surface area contributed by atoms with Crippen LogP contribution in [0.5, 0.6) is 0 Å². The van der Waals surface area contributed by atoms with E-state index in [2.05, 4.69) is 13.8 Å². The van der Waals surface area contributed by atoms with Gasteiger partial charge in [0.2, 0.25) is 5.91 Å². The van der Waals surface area contributed by atoms with Gasteiger partial charge in [0.25, 0.3) is 0 Å². The highest BCUT2D eigenvalue weighted by molar-refractivity contribution is 5.79. The van der Waals surface area contributed by atoms with Crippen molar-refractivity contribution in [1.82, 2.24) is 4.90 Å². The van der Waals surface area contributed by atoms with E-state index in [0.29, 0.717) is 23.7 Å². The maximum atomic E-state index is 12.6. The Balaban J connectivity index is 1.93. The highest BCUT2D eigenvalue weighted by atomic mass is 16.3. The van der Waals surface area contributed by atoms with E-state index in [9.17, 15) is 9.90 Å². The molecule has 0 aromatic carbocycles. The van der Waals surface area contributed by atoms with Gasteiger partial charge in [0.05, 0.1) is 0 Å². The molecule has 1 heterocycles. The molecule has 3 unspecified atom stereocenters. The van der Waals surface area contributed by atoms with E-state index in [4.69, 9.17) is 0 Å². The Bertz CT molecular complexity index is 282. The number of amides is 1. The van der Waals surface area contributed by atoms with Gasteiger partial charge in [-0.05, 0) is 49.9 Å². The van der Waals surface area contributed by atoms with Crippen LogP contribution in [0.2, 0.25) is 0 Å². The minimum Gasteiger partial charge on any atom is -0.396 e. The number of nitrogens with zero attached hydrogens (tertiary/aromatic N) is 1. The molecule has 1 amide bonds. The average Bonchev–Trinajstić information content (AvgIpc) is 2.37. The van der Waals surface area contributed by atoms with Crippen molar-refractivity contribution in [2.75, 3.05) is 19.7 Å². The van der Waals surface area contributed by atoms with Crippen LogP contribution < -0.4 is 0 Å². The van der Waals surface area contributed by atoms with Crippen LogP contribution in [0.15, 0.2) is 0 Å². The van der Waals surface area contributed by atoms with Gasteiger partial charge >= 0.3 is 0 Å². The van der Waals surface area contributed by atoms with Gasteiger partial charge in [-0.2, -0.15) is 0 Å². The van der Waals surface area contributed by atoms with Crippen LogP contribution in [0.25, 0.3) is 0 Å². The molecule has 1 aliphatic carbocycles. The highest BCUT2D eigenvalue weighted by Gasteiger charge is 2.33. The Labute approximate surface area is 111 Å². The number of likely N-dealkylation sites (tertiary alicyclic amines) is 1. The first kappa shape index (κ1) is 13.9. The lowest BCUT2D eigenvalue weighted by molar-refractivity contribution is -0.139. The molecule has 0 aromatic rings. The molecule has 1 saturated heterocycles. The number of aliphatic hydroxyl groups excluding tert-OH is 1. The van der Waals surface area contributed by atoms with Gasteiger partial charge in [0, 0.05) is 25.6 Å². The first-order valence-corrected chi connectivity index (χ1v) is 7.49. The Morgan fingerprint density at radius 2 is 1.89 bits per heavy atom. The fourth-order valence-electron chi connectivity index (χ4n) is 3.82. The molecule has 3 heteroatoms. The van der Waals surface area contributed by atoms with Crippen molar-refractivity contribution in [3.63, 3.8) is 0 Å². The standard InChI is InChI=1S/C15H27NO2/c1-11-6-12(2)8-14(7-11)15(18)16-5-3-4-13(9-16)10-17/h11-14,17H,3-10H2,1-2H3. The number of carbonyl (C=O) groups excluding carboxylic acids is 1.